The first kappa shape index (κ1) is 18.3. The second kappa shape index (κ2) is 8.77. The quantitative estimate of drug-likeness (QED) is 0.769. The Hall–Kier alpha value is -2.45. The summed E-state index contributed by atoms with van der Waals surface area (Å²) in [6, 6.07) is 7.80. The van der Waals surface area contributed by atoms with E-state index in [4.69, 9.17) is 9.47 Å². The van der Waals surface area contributed by atoms with Crippen LogP contribution in [0.1, 0.15) is 24.4 Å². The molecule has 2 amide bonds. The molecule has 1 unspecified atom stereocenters. The minimum absolute atomic E-state index is 0.0298. The molecule has 26 heavy (non-hydrogen) atoms. The van der Waals surface area contributed by atoms with Crippen LogP contribution in [-0.2, 0) is 14.3 Å². The van der Waals surface area contributed by atoms with Gasteiger partial charge in [0.25, 0.3) is 5.91 Å². The second-order valence-corrected chi connectivity index (χ2v) is 6.21. The molecule has 1 saturated heterocycles. The van der Waals surface area contributed by atoms with Crippen LogP contribution in [0.3, 0.4) is 0 Å². The van der Waals surface area contributed by atoms with E-state index in [0.717, 1.165) is 24.4 Å². The van der Waals surface area contributed by atoms with Gasteiger partial charge in [-0.05, 0) is 6.07 Å². The standard InChI is InChI=1S/C18H24N4O4/c1-25-16-5-3-2-4-13(16)15(22-8-10-26-11-9-22)12-19-18(24)14-6-7-17(23)21-20-14/h2-5,15H,6-12H2,1H3,(H,19,24)(H,21,23). The molecule has 2 N–H and O–H groups in total. The molecule has 1 aromatic rings. The summed E-state index contributed by atoms with van der Waals surface area (Å²) in [4.78, 5) is 25.9. The van der Waals surface area contributed by atoms with Crippen molar-refractivity contribution in [2.45, 2.75) is 18.9 Å². The SMILES string of the molecule is COc1ccccc1C(CNC(=O)C1=NNC(=O)CC1)N1CCOCC1. The van der Waals surface area contributed by atoms with E-state index in [2.05, 4.69) is 20.7 Å². The van der Waals surface area contributed by atoms with E-state index in [0.29, 0.717) is 31.9 Å². The van der Waals surface area contributed by atoms with Crippen molar-refractivity contribution in [2.24, 2.45) is 5.10 Å². The number of carbonyl (C=O) groups excluding carboxylic acids is 2. The monoisotopic (exact) mass is 360 g/mol. The van der Waals surface area contributed by atoms with E-state index >= 15 is 0 Å². The molecule has 0 saturated carbocycles. The third kappa shape index (κ3) is 4.39. The average Bonchev–Trinajstić information content (AvgIpc) is 2.69. The lowest BCUT2D eigenvalue weighted by atomic mass is 10.0. The topological polar surface area (TPSA) is 92.3 Å². The normalized spacial score (nSPS) is 19.3. The lowest BCUT2D eigenvalue weighted by Gasteiger charge is -2.35. The van der Waals surface area contributed by atoms with Crippen molar-refractivity contribution in [2.75, 3.05) is 40.0 Å². The van der Waals surface area contributed by atoms with Crippen LogP contribution in [0.4, 0.5) is 0 Å². The van der Waals surface area contributed by atoms with Crippen LogP contribution in [0.15, 0.2) is 29.4 Å². The van der Waals surface area contributed by atoms with Crippen LogP contribution in [-0.4, -0.2) is 62.4 Å². The maximum Gasteiger partial charge on any atom is 0.267 e. The molecule has 3 rings (SSSR count). The van der Waals surface area contributed by atoms with Gasteiger partial charge in [-0.2, -0.15) is 5.10 Å². The highest BCUT2D eigenvalue weighted by atomic mass is 16.5. The number of hydrazone groups is 1. The van der Waals surface area contributed by atoms with Crippen molar-refractivity contribution < 1.29 is 19.1 Å². The van der Waals surface area contributed by atoms with Gasteiger partial charge in [-0.3, -0.25) is 14.5 Å². The molecule has 1 aromatic carbocycles. The molecule has 8 heteroatoms. The minimum atomic E-state index is -0.252. The zero-order valence-corrected chi connectivity index (χ0v) is 14.9. The Bertz CT molecular complexity index is 686. The number of rotatable bonds is 6. The Kier molecular flexibility index (Phi) is 6.19. The molecule has 1 atom stereocenters. The number of ether oxygens (including phenoxy) is 2. The van der Waals surface area contributed by atoms with Gasteiger partial charge < -0.3 is 14.8 Å². The van der Waals surface area contributed by atoms with Gasteiger partial charge in [0.05, 0.1) is 26.4 Å². The van der Waals surface area contributed by atoms with Gasteiger partial charge in [-0.25, -0.2) is 5.43 Å². The van der Waals surface area contributed by atoms with Crippen molar-refractivity contribution in [3.05, 3.63) is 29.8 Å². The van der Waals surface area contributed by atoms with Gasteiger partial charge >= 0.3 is 0 Å². The zero-order chi connectivity index (χ0) is 18.4. The van der Waals surface area contributed by atoms with E-state index in [9.17, 15) is 9.59 Å². The van der Waals surface area contributed by atoms with Crippen LogP contribution in [0.25, 0.3) is 0 Å². The van der Waals surface area contributed by atoms with Crippen LogP contribution >= 0.6 is 0 Å². The zero-order valence-electron chi connectivity index (χ0n) is 14.9. The smallest absolute Gasteiger partial charge is 0.267 e. The highest BCUT2D eigenvalue weighted by Crippen LogP contribution is 2.29. The number of para-hydroxylation sites is 1. The Morgan fingerprint density at radius 1 is 1.35 bits per heavy atom. The number of nitrogens with zero attached hydrogens (tertiary/aromatic N) is 2. The summed E-state index contributed by atoms with van der Waals surface area (Å²) in [5.74, 6) is 0.375. The first-order valence-corrected chi connectivity index (χ1v) is 8.77. The molecule has 0 aromatic heterocycles. The fourth-order valence-electron chi connectivity index (χ4n) is 3.20. The minimum Gasteiger partial charge on any atom is -0.496 e. The second-order valence-electron chi connectivity index (χ2n) is 6.21. The van der Waals surface area contributed by atoms with Gasteiger partial charge in [-0.1, -0.05) is 18.2 Å². The van der Waals surface area contributed by atoms with Crippen molar-refractivity contribution in [3.8, 4) is 5.75 Å². The number of methoxy groups -OCH3 is 1. The molecule has 0 spiro atoms. The fraction of sp³-hybridized carbons (Fsp3) is 0.500. The van der Waals surface area contributed by atoms with Gasteiger partial charge in [0.15, 0.2) is 0 Å². The summed E-state index contributed by atoms with van der Waals surface area (Å²) in [7, 11) is 1.65. The molecular weight excluding hydrogens is 336 g/mol. The highest BCUT2D eigenvalue weighted by molar-refractivity contribution is 6.39. The first-order valence-electron chi connectivity index (χ1n) is 8.77. The van der Waals surface area contributed by atoms with E-state index in [1.807, 2.05) is 24.3 Å². The predicted octanol–water partition coefficient (Wildman–Crippen LogP) is 0.451. The predicted molar refractivity (Wildman–Crippen MR) is 95.9 cm³/mol. The van der Waals surface area contributed by atoms with Crippen molar-refractivity contribution >= 4 is 17.5 Å². The maximum atomic E-state index is 12.4. The van der Waals surface area contributed by atoms with Gasteiger partial charge in [-0.15, -0.1) is 0 Å². The molecular formula is C18H24N4O4. The number of amides is 2. The molecule has 1 fully saturated rings. The summed E-state index contributed by atoms with van der Waals surface area (Å²) in [5.41, 5.74) is 3.73. The summed E-state index contributed by atoms with van der Waals surface area (Å²) in [5, 5.41) is 6.81. The molecule has 0 radical (unpaired) electrons. The largest absolute Gasteiger partial charge is 0.496 e. The van der Waals surface area contributed by atoms with Gasteiger partial charge in [0.2, 0.25) is 5.91 Å². The molecule has 8 nitrogen and oxygen atoms in total. The number of nitrogens with one attached hydrogen (secondary N) is 2. The lowest BCUT2D eigenvalue weighted by molar-refractivity contribution is -0.121. The summed E-state index contributed by atoms with van der Waals surface area (Å²) >= 11 is 0. The van der Waals surface area contributed by atoms with Crippen LogP contribution in [0, 0.1) is 0 Å². The summed E-state index contributed by atoms with van der Waals surface area (Å²) < 4.78 is 11.0. The molecule has 0 aliphatic carbocycles. The van der Waals surface area contributed by atoms with E-state index < -0.39 is 0 Å². The number of morpholine rings is 1. The number of benzene rings is 1. The molecule has 140 valence electrons. The molecule has 0 bridgehead atoms. The third-order valence-electron chi connectivity index (χ3n) is 4.61. The number of carbonyl (C=O) groups is 2. The van der Waals surface area contributed by atoms with Crippen molar-refractivity contribution in [1.29, 1.82) is 0 Å². The Morgan fingerprint density at radius 3 is 2.81 bits per heavy atom. The van der Waals surface area contributed by atoms with Crippen molar-refractivity contribution in [1.82, 2.24) is 15.6 Å². The van der Waals surface area contributed by atoms with E-state index in [-0.39, 0.29) is 24.3 Å². The first-order chi connectivity index (χ1) is 12.7. The van der Waals surface area contributed by atoms with Crippen LogP contribution in [0.2, 0.25) is 0 Å². The van der Waals surface area contributed by atoms with Gasteiger partial charge in [0.1, 0.15) is 11.5 Å². The highest BCUT2D eigenvalue weighted by Gasteiger charge is 2.26. The molecule has 2 aliphatic rings. The number of hydrogen-bond donors (Lipinski definition) is 2. The number of hydrogen-bond acceptors (Lipinski definition) is 6. The summed E-state index contributed by atoms with van der Waals surface area (Å²) in [6.45, 7) is 3.33. The van der Waals surface area contributed by atoms with Crippen LogP contribution in [0.5, 0.6) is 5.75 Å². The molecule has 2 aliphatic heterocycles. The van der Waals surface area contributed by atoms with E-state index in [1.165, 1.54) is 0 Å². The van der Waals surface area contributed by atoms with Crippen molar-refractivity contribution in [3.63, 3.8) is 0 Å². The van der Waals surface area contributed by atoms with Crippen LogP contribution < -0.4 is 15.5 Å². The third-order valence-corrected chi connectivity index (χ3v) is 4.61. The Balaban J connectivity index is 1.73. The van der Waals surface area contributed by atoms with Gasteiger partial charge in [0, 0.05) is 38.0 Å². The Labute approximate surface area is 152 Å². The van der Waals surface area contributed by atoms with E-state index in [1.54, 1.807) is 7.11 Å². The molecule has 2 heterocycles. The fourth-order valence-corrected chi connectivity index (χ4v) is 3.20. The lowest BCUT2D eigenvalue weighted by Crippen LogP contribution is -2.45. The summed E-state index contributed by atoms with van der Waals surface area (Å²) in [6.07, 6.45) is 0.639. The maximum absolute atomic E-state index is 12.4. The average molecular weight is 360 g/mol. The Morgan fingerprint density at radius 2 is 2.12 bits per heavy atom.